The van der Waals surface area contributed by atoms with Crippen molar-refractivity contribution in [2.75, 3.05) is 11.6 Å². The highest BCUT2D eigenvalue weighted by Crippen LogP contribution is 2.42. The van der Waals surface area contributed by atoms with Crippen LogP contribution >= 0.6 is 0 Å². The molecule has 2 atom stereocenters. The molecule has 0 bridgehead atoms. The van der Waals surface area contributed by atoms with E-state index in [4.69, 9.17) is 0 Å². The Morgan fingerprint density at radius 1 is 1.27 bits per heavy atom. The lowest BCUT2D eigenvalue weighted by atomic mass is 9.84. The Morgan fingerprint density at radius 2 is 2.00 bits per heavy atom. The quantitative estimate of drug-likeness (QED) is 0.805. The summed E-state index contributed by atoms with van der Waals surface area (Å²) in [6, 6.07) is 4.77. The largest absolute Gasteiger partial charge is 0.502 e. The van der Waals surface area contributed by atoms with Crippen LogP contribution in [0.25, 0.3) is 0 Å². The number of hydrogen-bond donors (Lipinski definition) is 1. The fourth-order valence-electron chi connectivity index (χ4n) is 4.43. The first-order valence-electron chi connectivity index (χ1n) is 9.58. The first-order valence-corrected chi connectivity index (χ1v) is 9.58. The molecule has 0 spiro atoms. The number of fused-ring (bicyclic) bond motifs is 3. The zero-order chi connectivity index (χ0) is 21.8. The third-order valence-electron chi connectivity index (χ3n) is 5.84. The maximum Gasteiger partial charge on any atom is 0.406 e. The topological polar surface area (TPSA) is 78.7 Å². The SMILES string of the molecule is Cc1ccc(C2(C)CCCC3N(CC(F)(F)F)C(=O)c4c(O)c(=O)ccn4N32)nc1. The Hall–Kier alpha value is -3.04. The van der Waals surface area contributed by atoms with Gasteiger partial charge in [0.1, 0.15) is 12.7 Å². The standard InChI is InChI=1S/C20H21F3N4O3/c1-12-5-6-14(24-10-12)19(2)8-3-4-15-25(11-20(21,22)23)18(30)16-17(29)13(28)7-9-26(16)27(15)19/h5-7,9-10,15,29H,3-4,8,11H2,1-2H3. The molecule has 160 valence electrons. The lowest BCUT2D eigenvalue weighted by Gasteiger charge is -2.56. The number of piperidine rings is 1. The highest BCUT2D eigenvalue weighted by Gasteiger charge is 2.52. The number of halogens is 3. The van der Waals surface area contributed by atoms with Crippen LogP contribution in [-0.4, -0.2) is 44.5 Å². The number of aromatic hydroxyl groups is 1. The van der Waals surface area contributed by atoms with Crippen LogP contribution in [0.1, 0.15) is 47.9 Å². The first kappa shape index (κ1) is 20.2. The van der Waals surface area contributed by atoms with E-state index in [1.165, 1.54) is 10.9 Å². The van der Waals surface area contributed by atoms with Crippen LogP contribution in [0.2, 0.25) is 0 Å². The molecule has 4 rings (SSSR count). The molecule has 4 heterocycles. The molecule has 1 saturated heterocycles. The average Bonchev–Trinajstić information content (AvgIpc) is 2.67. The molecule has 0 saturated carbocycles. The Kier molecular flexibility index (Phi) is 4.55. The molecular formula is C20H21F3N4O3. The number of alkyl halides is 3. The highest BCUT2D eigenvalue weighted by molar-refractivity contribution is 5.96. The number of carbonyl (C=O) groups is 1. The maximum absolute atomic E-state index is 13.3. The lowest BCUT2D eigenvalue weighted by Crippen LogP contribution is -2.70. The van der Waals surface area contributed by atoms with Crippen molar-refractivity contribution in [1.29, 1.82) is 0 Å². The average molecular weight is 422 g/mol. The number of amides is 1. The molecule has 0 radical (unpaired) electrons. The molecular weight excluding hydrogens is 401 g/mol. The van der Waals surface area contributed by atoms with Gasteiger partial charge in [0, 0.05) is 18.5 Å². The van der Waals surface area contributed by atoms with E-state index in [2.05, 4.69) is 4.98 Å². The van der Waals surface area contributed by atoms with E-state index in [1.807, 2.05) is 26.0 Å². The molecule has 0 aliphatic carbocycles. The summed E-state index contributed by atoms with van der Waals surface area (Å²) in [5, 5.41) is 11.9. The normalized spacial score (nSPS) is 23.9. The van der Waals surface area contributed by atoms with E-state index in [-0.39, 0.29) is 0 Å². The number of nitrogens with zero attached hydrogens (tertiary/aromatic N) is 4. The predicted octanol–water partition coefficient (Wildman–Crippen LogP) is 2.64. The monoisotopic (exact) mass is 422 g/mol. The summed E-state index contributed by atoms with van der Waals surface area (Å²) >= 11 is 0. The van der Waals surface area contributed by atoms with Crippen molar-refractivity contribution < 1.29 is 23.1 Å². The summed E-state index contributed by atoms with van der Waals surface area (Å²) in [4.78, 5) is 30.1. The van der Waals surface area contributed by atoms with Crippen LogP contribution in [0.3, 0.4) is 0 Å². The third kappa shape index (κ3) is 3.10. The van der Waals surface area contributed by atoms with Gasteiger partial charge in [0.15, 0.2) is 11.4 Å². The summed E-state index contributed by atoms with van der Waals surface area (Å²) in [7, 11) is 0. The van der Waals surface area contributed by atoms with E-state index in [1.54, 1.807) is 11.2 Å². The minimum Gasteiger partial charge on any atom is -0.502 e. The molecule has 1 fully saturated rings. The molecule has 0 aromatic carbocycles. The van der Waals surface area contributed by atoms with E-state index in [0.29, 0.717) is 29.9 Å². The van der Waals surface area contributed by atoms with Crippen molar-refractivity contribution in [2.45, 2.75) is 51.0 Å². The van der Waals surface area contributed by atoms with Crippen LogP contribution in [0, 0.1) is 6.92 Å². The highest BCUT2D eigenvalue weighted by atomic mass is 19.4. The first-order chi connectivity index (χ1) is 14.0. The predicted molar refractivity (Wildman–Crippen MR) is 102 cm³/mol. The number of hydrogen-bond acceptors (Lipinski definition) is 5. The molecule has 30 heavy (non-hydrogen) atoms. The van der Waals surface area contributed by atoms with E-state index >= 15 is 0 Å². The van der Waals surface area contributed by atoms with Crippen molar-refractivity contribution in [3.05, 3.63) is 57.8 Å². The van der Waals surface area contributed by atoms with Crippen LogP contribution in [-0.2, 0) is 5.54 Å². The Balaban J connectivity index is 1.94. The van der Waals surface area contributed by atoms with Crippen LogP contribution in [0.15, 0.2) is 35.4 Å². The second kappa shape index (κ2) is 6.75. The Morgan fingerprint density at radius 3 is 2.63 bits per heavy atom. The molecule has 2 aliphatic heterocycles. The van der Waals surface area contributed by atoms with Gasteiger partial charge in [-0.1, -0.05) is 6.07 Å². The number of pyridine rings is 2. The lowest BCUT2D eigenvalue weighted by molar-refractivity contribution is -0.148. The van der Waals surface area contributed by atoms with Crippen molar-refractivity contribution in [1.82, 2.24) is 14.6 Å². The van der Waals surface area contributed by atoms with Gasteiger partial charge in [-0.15, -0.1) is 0 Å². The van der Waals surface area contributed by atoms with E-state index < -0.39 is 47.2 Å². The van der Waals surface area contributed by atoms with Crippen LogP contribution in [0.5, 0.6) is 5.75 Å². The van der Waals surface area contributed by atoms with Gasteiger partial charge in [0.25, 0.3) is 5.91 Å². The Bertz CT molecular complexity index is 1050. The summed E-state index contributed by atoms with van der Waals surface area (Å²) in [5.74, 6) is -1.89. The minimum absolute atomic E-state index is 0.315. The van der Waals surface area contributed by atoms with Crippen LogP contribution < -0.4 is 10.4 Å². The summed E-state index contributed by atoms with van der Waals surface area (Å²) in [5.41, 5.74) is -0.597. The van der Waals surface area contributed by atoms with Crippen molar-refractivity contribution in [3.63, 3.8) is 0 Å². The smallest absolute Gasteiger partial charge is 0.406 e. The van der Waals surface area contributed by atoms with Crippen molar-refractivity contribution in [3.8, 4) is 5.75 Å². The number of aromatic nitrogens is 2. The van der Waals surface area contributed by atoms with Gasteiger partial charge in [-0.25, -0.2) is 0 Å². The van der Waals surface area contributed by atoms with Crippen molar-refractivity contribution >= 4 is 5.91 Å². The van der Waals surface area contributed by atoms with E-state index in [9.17, 15) is 27.9 Å². The second-order valence-electron chi connectivity index (χ2n) is 7.98. The van der Waals surface area contributed by atoms with Gasteiger partial charge in [-0.05, 0) is 44.7 Å². The Labute approximate surface area is 170 Å². The molecule has 7 nitrogen and oxygen atoms in total. The zero-order valence-corrected chi connectivity index (χ0v) is 16.5. The molecule has 2 aromatic rings. The molecule has 2 unspecified atom stereocenters. The second-order valence-corrected chi connectivity index (χ2v) is 7.98. The summed E-state index contributed by atoms with van der Waals surface area (Å²) in [6.45, 7) is 2.25. The molecule has 2 aliphatic rings. The fraction of sp³-hybridized carbons (Fsp3) is 0.450. The van der Waals surface area contributed by atoms with Gasteiger partial charge in [0.2, 0.25) is 5.43 Å². The van der Waals surface area contributed by atoms with Gasteiger partial charge in [-0.3, -0.25) is 24.3 Å². The summed E-state index contributed by atoms with van der Waals surface area (Å²) < 4.78 is 41.3. The van der Waals surface area contributed by atoms with E-state index in [0.717, 1.165) is 11.6 Å². The molecule has 1 amide bonds. The number of aryl methyl sites for hydroxylation is 1. The van der Waals surface area contributed by atoms with Crippen molar-refractivity contribution in [2.24, 2.45) is 0 Å². The molecule has 10 heteroatoms. The zero-order valence-electron chi connectivity index (χ0n) is 16.5. The van der Waals surface area contributed by atoms with Gasteiger partial charge >= 0.3 is 6.18 Å². The molecule has 2 aromatic heterocycles. The van der Waals surface area contributed by atoms with Gasteiger partial charge in [-0.2, -0.15) is 13.2 Å². The maximum atomic E-state index is 13.3. The molecule has 1 N–H and O–H groups in total. The van der Waals surface area contributed by atoms with Gasteiger partial charge < -0.3 is 10.0 Å². The number of rotatable bonds is 2. The van der Waals surface area contributed by atoms with Gasteiger partial charge in [0.05, 0.1) is 11.2 Å². The summed E-state index contributed by atoms with van der Waals surface area (Å²) in [6.07, 6.45) is -1.08. The number of carbonyl (C=O) groups excluding carboxylic acids is 1. The van der Waals surface area contributed by atoms with Crippen LogP contribution in [0.4, 0.5) is 13.2 Å². The third-order valence-corrected chi connectivity index (χ3v) is 5.84. The minimum atomic E-state index is -4.63. The fourth-order valence-corrected chi connectivity index (χ4v) is 4.43.